The van der Waals surface area contributed by atoms with Crippen LogP contribution in [-0.2, 0) is 9.59 Å². The Morgan fingerprint density at radius 2 is 2.17 bits per heavy atom. The van der Waals surface area contributed by atoms with Crippen molar-refractivity contribution in [2.24, 2.45) is 5.41 Å². The second-order valence-corrected chi connectivity index (χ2v) is 8.35. The average Bonchev–Trinajstić information content (AvgIpc) is 2.82. The molecule has 0 radical (unpaired) electrons. The van der Waals surface area contributed by atoms with E-state index in [0.717, 1.165) is 11.3 Å². The smallest absolute Gasteiger partial charge is 0.263 e. The van der Waals surface area contributed by atoms with E-state index in [2.05, 4.69) is 5.32 Å². The number of anilines is 1. The Morgan fingerprint density at radius 3 is 2.79 bits per heavy atom. The topological polar surface area (TPSA) is 58.6 Å². The van der Waals surface area contributed by atoms with Crippen molar-refractivity contribution < 1.29 is 14.3 Å². The van der Waals surface area contributed by atoms with Crippen LogP contribution in [0.1, 0.15) is 26.3 Å². The van der Waals surface area contributed by atoms with Gasteiger partial charge in [0.2, 0.25) is 5.91 Å². The average molecular weight is 362 g/mol. The van der Waals surface area contributed by atoms with Gasteiger partial charge in [-0.2, -0.15) is 0 Å². The number of hydrogen-bond donors (Lipinski definition) is 1. The minimum absolute atomic E-state index is 0.0472. The summed E-state index contributed by atoms with van der Waals surface area (Å²) >= 11 is 6.24. The van der Waals surface area contributed by atoms with E-state index in [1.807, 2.05) is 39.0 Å². The van der Waals surface area contributed by atoms with Crippen LogP contribution in [-0.4, -0.2) is 29.3 Å². The number of ether oxygens (including phenoxy) is 1. The van der Waals surface area contributed by atoms with Crippen LogP contribution < -0.4 is 15.0 Å². The maximum atomic E-state index is 12.7. The van der Waals surface area contributed by atoms with Gasteiger partial charge in [0, 0.05) is 5.41 Å². The maximum absolute atomic E-state index is 12.7. The molecule has 1 fully saturated rings. The van der Waals surface area contributed by atoms with Crippen LogP contribution in [0.3, 0.4) is 0 Å². The van der Waals surface area contributed by atoms with Gasteiger partial charge in [0.05, 0.1) is 17.1 Å². The summed E-state index contributed by atoms with van der Waals surface area (Å²) < 4.78 is 6.12. The number of nitrogens with one attached hydrogen (secondary N) is 1. The molecule has 24 heavy (non-hydrogen) atoms. The number of nitrogens with zero attached hydrogens (tertiary/aromatic N) is 1. The van der Waals surface area contributed by atoms with Crippen molar-refractivity contribution in [2.75, 3.05) is 18.1 Å². The summed E-state index contributed by atoms with van der Waals surface area (Å²) in [6.07, 6.45) is 1.77. The normalized spacial score (nSPS) is 19.1. The van der Waals surface area contributed by atoms with Gasteiger partial charge in [-0.1, -0.05) is 50.8 Å². The molecule has 0 atom stereocenters. The SMILES string of the molecule is CC(C)(C)C(=O)N1CCOc2ccc(/C=C3\SC(=S)NC3=O)cc21. The van der Waals surface area contributed by atoms with Crippen LogP contribution in [0.5, 0.6) is 5.75 Å². The van der Waals surface area contributed by atoms with Gasteiger partial charge in [-0.25, -0.2) is 0 Å². The van der Waals surface area contributed by atoms with E-state index in [-0.39, 0.29) is 11.8 Å². The van der Waals surface area contributed by atoms with Crippen LogP contribution in [0.2, 0.25) is 0 Å². The van der Waals surface area contributed by atoms with Crippen LogP contribution in [0.15, 0.2) is 23.1 Å². The van der Waals surface area contributed by atoms with Crippen molar-refractivity contribution in [1.29, 1.82) is 0 Å². The van der Waals surface area contributed by atoms with Crippen molar-refractivity contribution >= 4 is 51.9 Å². The maximum Gasteiger partial charge on any atom is 0.263 e. The first-order valence-corrected chi connectivity index (χ1v) is 8.82. The van der Waals surface area contributed by atoms with Gasteiger partial charge in [0.15, 0.2) is 0 Å². The molecule has 1 aromatic carbocycles. The molecule has 0 unspecified atom stereocenters. The fraction of sp³-hybridized carbons (Fsp3) is 0.353. The Bertz CT molecular complexity index is 766. The second-order valence-electron chi connectivity index (χ2n) is 6.63. The third kappa shape index (κ3) is 3.32. The molecule has 0 saturated carbocycles. The monoisotopic (exact) mass is 362 g/mol. The zero-order valence-corrected chi connectivity index (χ0v) is 15.3. The van der Waals surface area contributed by atoms with E-state index in [1.165, 1.54) is 11.8 Å². The molecular formula is C17H18N2O3S2. The summed E-state index contributed by atoms with van der Waals surface area (Å²) in [5.74, 6) is 0.535. The molecule has 1 aromatic rings. The van der Waals surface area contributed by atoms with E-state index in [0.29, 0.717) is 28.1 Å². The first-order valence-electron chi connectivity index (χ1n) is 7.59. The summed E-state index contributed by atoms with van der Waals surface area (Å²) in [7, 11) is 0. The summed E-state index contributed by atoms with van der Waals surface area (Å²) in [6, 6.07) is 5.58. The fourth-order valence-electron chi connectivity index (χ4n) is 2.51. The van der Waals surface area contributed by atoms with Gasteiger partial charge in [-0.3, -0.25) is 9.59 Å². The Morgan fingerprint density at radius 1 is 1.42 bits per heavy atom. The van der Waals surface area contributed by atoms with Crippen LogP contribution in [0, 0.1) is 5.41 Å². The minimum Gasteiger partial charge on any atom is -0.490 e. The van der Waals surface area contributed by atoms with Gasteiger partial charge in [0.25, 0.3) is 5.91 Å². The highest BCUT2D eigenvalue weighted by atomic mass is 32.2. The molecule has 1 saturated heterocycles. The Kier molecular flexibility index (Phi) is 4.40. The first-order chi connectivity index (χ1) is 11.3. The summed E-state index contributed by atoms with van der Waals surface area (Å²) in [4.78, 5) is 26.8. The van der Waals surface area contributed by atoms with Gasteiger partial charge in [-0.05, 0) is 23.8 Å². The van der Waals surface area contributed by atoms with Gasteiger partial charge in [0.1, 0.15) is 16.7 Å². The standard InChI is InChI=1S/C17H18N2O3S2/c1-17(2,3)15(21)19-6-7-22-12-5-4-10(8-11(12)19)9-13-14(20)18-16(23)24-13/h4-5,8-9H,6-7H2,1-3H3,(H,18,20,23)/b13-9-. The molecule has 126 valence electrons. The number of benzene rings is 1. The van der Waals surface area contributed by atoms with Crippen molar-refractivity contribution in [3.8, 4) is 5.75 Å². The molecule has 2 aliphatic rings. The lowest BCUT2D eigenvalue weighted by molar-refractivity contribution is -0.126. The lowest BCUT2D eigenvalue weighted by Gasteiger charge is -2.34. The van der Waals surface area contributed by atoms with E-state index < -0.39 is 5.41 Å². The highest BCUT2D eigenvalue weighted by Gasteiger charge is 2.32. The number of fused-ring (bicyclic) bond motifs is 1. The highest BCUT2D eigenvalue weighted by molar-refractivity contribution is 8.26. The summed E-state index contributed by atoms with van der Waals surface area (Å²) in [6.45, 7) is 6.69. The van der Waals surface area contributed by atoms with Crippen molar-refractivity contribution in [3.05, 3.63) is 28.7 Å². The Hall–Kier alpha value is -1.86. The summed E-state index contributed by atoms with van der Waals surface area (Å²) in [5, 5.41) is 2.59. The van der Waals surface area contributed by atoms with E-state index in [1.54, 1.807) is 11.0 Å². The fourth-order valence-corrected chi connectivity index (χ4v) is 3.56. The molecular weight excluding hydrogens is 344 g/mol. The number of carbonyl (C=O) groups is 2. The zero-order valence-electron chi connectivity index (χ0n) is 13.7. The number of amides is 2. The van der Waals surface area contributed by atoms with Crippen molar-refractivity contribution in [1.82, 2.24) is 5.32 Å². The zero-order chi connectivity index (χ0) is 17.5. The number of hydrogen-bond acceptors (Lipinski definition) is 5. The minimum atomic E-state index is -0.476. The second kappa shape index (κ2) is 6.22. The molecule has 7 heteroatoms. The largest absolute Gasteiger partial charge is 0.490 e. The molecule has 2 aliphatic heterocycles. The third-order valence-electron chi connectivity index (χ3n) is 3.67. The third-order valence-corrected chi connectivity index (χ3v) is 4.84. The van der Waals surface area contributed by atoms with E-state index in [4.69, 9.17) is 17.0 Å². The molecule has 0 aliphatic carbocycles. The van der Waals surface area contributed by atoms with Crippen LogP contribution >= 0.6 is 24.0 Å². The number of carbonyl (C=O) groups excluding carboxylic acids is 2. The van der Waals surface area contributed by atoms with Crippen molar-refractivity contribution in [3.63, 3.8) is 0 Å². The number of thiocarbonyl (C=S) groups is 1. The van der Waals surface area contributed by atoms with Gasteiger partial charge >= 0.3 is 0 Å². The number of thioether (sulfide) groups is 1. The summed E-state index contributed by atoms with van der Waals surface area (Å²) in [5.41, 5.74) is 1.09. The number of rotatable bonds is 1. The van der Waals surface area contributed by atoms with Crippen LogP contribution in [0.4, 0.5) is 5.69 Å². The first kappa shape index (κ1) is 17.0. The molecule has 0 bridgehead atoms. The predicted octanol–water partition coefficient (Wildman–Crippen LogP) is 2.95. The molecule has 1 N–H and O–H groups in total. The predicted molar refractivity (Wildman–Crippen MR) is 100 cm³/mol. The molecule has 0 spiro atoms. The van der Waals surface area contributed by atoms with Crippen LogP contribution in [0.25, 0.3) is 6.08 Å². The lowest BCUT2D eigenvalue weighted by atomic mass is 9.94. The lowest BCUT2D eigenvalue weighted by Crippen LogP contribution is -2.44. The van der Waals surface area contributed by atoms with Gasteiger partial charge < -0.3 is 15.0 Å². The molecule has 0 aromatic heterocycles. The Balaban J connectivity index is 1.97. The van der Waals surface area contributed by atoms with E-state index >= 15 is 0 Å². The Labute approximate surface area is 150 Å². The molecule has 3 rings (SSSR count). The van der Waals surface area contributed by atoms with Crippen molar-refractivity contribution in [2.45, 2.75) is 20.8 Å². The quantitative estimate of drug-likeness (QED) is 0.615. The highest BCUT2D eigenvalue weighted by Crippen LogP contribution is 2.36. The van der Waals surface area contributed by atoms with E-state index in [9.17, 15) is 9.59 Å². The molecule has 5 nitrogen and oxygen atoms in total. The molecule has 2 heterocycles. The molecule has 2 amide bonds. The van der Waals surface area contributed by atoms with Gasteiger partial charge in [-0.15, -0.1) is 0 Å².